The third-order valence-electron chi connectivity index (χ3n) is 4.55. The minimum absolute atomic E-state index is 0.239. The van der Waals surface area contributed by atoms with Crippen molar-refractivity contribution >= 4 is 20.7 Å². The van der Waals surface area contributed by atoms with E-state index in [-0.39, 0.29) is 5.39 Å². The first-order chi connectivity index (χ1) is 13.1. The molecule has 0 unspecified atom stereocenters. The summed E-state index contributed by atoms with van der Waals surface area (Å²) in [6, 6.07) is 6.22. The maximum absolute atomic E-state index is 13.6. The molecule has 0 saturated carbocycles. The van der Waals surface area contributed by atoms with Crippen molar-refractivity contribution in [3.8, 4) is 5.69 Å². The van der Waals surface area contributed by atoms with Gasteiger partial charge in [-0.1, -0.05) is 12.1 Å². The second-order valence-electron chi connectivity index (χ2n) is 6.10. The Bertz CT molecular complexity index is 1370. The summed E-state index contributed by atoms with van der Waals surface area (Å²) in [5.41, 5.74) is -4.63. The van der Waals surface area contributed by atoms with Crippen LogP contribution in [0.3, 0.4) is 0 Å². The van der Waals surface area contributed by atoms with Gasteiger partial charge in [0.15, 0.2) is 0 Å². The zero-order chi connectivity index (χ0) is 20.4. The molecule has 2 aromatic carbocycles. The van der Waals surface area contributed by atoms with E-state index in [2.05, 4.69) is 0 Å². The summed E-state index contributed by atoms with van der Waals surface area (Å²) in [6.07, 6.45) is -4.95. The standard InChI is InChI=1S/C17H11F3N2O5S/c18-17(19,20)10-4-2-6-12-14(10)22-13-9(3-1-5-11(13)28(12,26)27)15(24)21(7-8-23)16(22)25/h1-6,23H,7-8H2. The first kappa shape index (κ1) is 18.4. The van der Waals surface area contributed by atoms with E-state index >= 15 is 0 Å². The average Bonchev–Trinajstić information content (AvgIpc) is 2.63. The van der Waals surface area contributed by atoms with Crippen LogP contribution in [-0.4, -0.2) is 29.3 Å². The number of benzene rings is 2. The second-order valence-corrected chi connectivity index (χ2v) is 7.99. The SMILES string of the molecule is O=c1c2cccc3c2n(c(=O)n1CCO)-c1c(C(F)(F)F)cccc1S3(=O)=O. The number of rotatable bonds is 2. The van der Waals surface area contributed by atoms with Crippen LogP contribution in [0, 0.1) is 0 Å². The van der Waals surface area contributed by atoms with Gasteiger partial charge >= 0.3 is 11.9 Å². The molecule has 11 heteroatoms. The van der Waals surface area contributed by atoms with E-state index in [1.807, 2.05) is 0 Å². The fourth-order valence-electron chi connectivity index (χ4n) is 3.41. The summed E-state index contributed by atoms with van der Waals surface area (Å²) in [7, 11) is -4.41. The van der Waals surface area contributed by atoms with Crippen molar-refractivity contribution < 1.29 is 26.7 Å². The number of hydrogen-bond donors (Lipinski definition) is 1. The maximum atomic E-state index is 13.6. The predicted molar refractivity (Wildman–Crippen MR) is 91.3 cm³/mol. The number of aliphatic hydroxyl groups excluding tert-OH is 1. The van der Waals surface area contributed by atoms with Crippen molar-refractivity contribution in [1.29, 1.82) is 0 Å². The fraction of sp³-hybridized carbons (Fsp3) is 0.176. The molecule has 1 aromatic heterocycles. The number of aliphatic hydroxyl groups is 1. The topological polar surface area (TPSA) is 98.4 Å². The fourth-order valence-corrected chi connectivity index (χ4v) is 5.08. The van der Waals surface area contributed by atoms with Crippen molar-refractivity contribution in [1.82, 2.24) is 9.13 Å². The van der Waals surface area contributed by atoms with Crippen LogP contribution >= 0.6 is 0 Å². The molecule has 0 spiro atoms. The molecule has 1 aliphatic rings. The van der Waals surface area contributed by atoms with Gasteiger partial charge in [0.1, 0.15) is 0 Å². The van der Waals surface area contributed by atoms with Gasteiger partial charge in [0.2, 0.25) is 9.84 Å². The lowest BCUT2D eigenvalue weighted by atomic mass is 10.1. The Labute approximate surface area is 154 Å². The summed E-state index contributed by atoms with van der Waals surface area (Å²) in [5.74, 6) is 0. The van der Waals surface area contributed by atoms with Gasteiger partial charge in [-0.05, 0) is 24.3 Å². The molecule has 7 nitrogen and oxygen atoms in total. The highest BCUT2D eigenvalue weighted by atomic mass is 32.2. The lowest BCUT2D eigenvalue weighted by molar-refractivity contribution is -0.137. The molecule has 0 atom stereocenters. The number of hydrogen-bond acceptors (Lipinski definition) is 5. The smallest absolute Gasteiger partial charge is 0.395 e. The number of aromatic nitrogens is 2. The lowest BCUT2D eigenvalue weighted by Gasteiger charge is -2.25. The molecule has 0 saturated heterocycles. The third kappa shape index (κ3) is 2.29. The summed E-state index contributed by atoms with van der Waals surface area (Å²) >= 11 is 0. The summed E-state index contributed by atoms with van der Waals surface area (Å²) in [4.78, 5) is 24.4. The van der Waals surface area contributed by atoms with E-state index in [0.29, 0.717) is 15.2 Å². The van der Waals surface area contributed by atoms with Gasteiger partial charge in [-0.15, -0.1) is 0 Å². The van der Waals surface area contributed by atoms with Crippen LogP contribution in [0.25, 0.3) is 16.6 Å². The minimum Gasteiger partial charge on any atom is -0.395 e. The largest absolute Gasteiger partial charge is 0.418 e. The molecule has 28 heavy (non-hydrogen) atoms. The number of fused-ring (bicyclic) bond motifs is 2. The van der Waals surface area contributed by atoms with Crippen LogP contribution in [0.2, 0.25) is 0 Å². The molecule has 4 rings (SSSR count). The molecule has 3 aromatic rings. The van der Waals surface area contributed by atoms with Gasteiger partial charge in [-0.25, -0.2) is 13.2 Å². The van der Waals surface area contributed by atoms with E-state index in [0.717, 1.165) is 18.2 Å². The molecular weight excluding hydrogens is 401 g/mol. The highest BCUT2D eigenvalue weighted by Crippen LogP contribution is 2.42. The summed E-state index contributed by atoms with van der Waals surface area (Å²) in [5, 5.41) is 8.91. The van der Waals surface area contributed by atoms with Crippen molar-refractivity contribution in [2.75, 3.05) is 6.61 Å². The van der Waals surface area contributed by atoms with Gasteiger partial charge in [-0.2, -0.15) is 13.2 Å². The molecule has 0 amide bonds. The first-order valence-electron chi connectivity index (χ1n) is 7.96. The molecule has 1 N–H and O–H groups in total. The summed E-state index contributed by atoms with van der Waals surface area (Å²) in [6.45, 7) is -1.06. The van der Waals surface area contributed by atoms with Crippen LogP contribution < -0.4 is 11.2 Å². The minimum atomic E-state index is -4.95. The van der Waals surface area contributed by atoms with Crippen molar-refractivity contribution in [3.63, 3.8) is 0 Å². The number of alkyl halides is 3. The molecule has 0 bridgehead atoms. The zero-order valence-electron chi connectivity index (χ0n) is 13.9. The van der Waals surface area contributed by atoms with Crippen LogP contribution in [0.4, 0.5) is 13.2 Å². The maximum Gasteiger partial charge on any atom is 0.418 e. The number of para-hydroxylation sites is 2. The number of nitrogens with zero attached hydrogens (tertiary/aromatic N) is 2. The predicted octanol–water partition coefficient (Wildman–Crippen LogP) is 1.31. The Morgan fingerprint density at radius 2 is 1.64 bits per heavy atom. The number of sulfone groups is 1. The van der Waals surface area contributed by atoms with Gasteiger partial charge in [0.25, 0.3) is 5.56 Å². The Morgan fingerprint density at radius 1 is 1.00 bits per heavy atom. The van der Waals surface area contributed by atoms with Gasteiger partial charge in [0, 0.05) is 0 Å². The van der Waals surface area contributed by atoms with Crippen molar-refractivity contribution in [3.05, 3.63) is 62.8 Å². The molecule has 2 heterocycles. The Hall–Kier alpha value is -2.92. The van der Waals surface area contributed by atoms with E-state index in [1.165, 1.54) is 12.1 Å². The first-order valence-corrected chi connectivity index (χ1v) is 9.44. The third-order valence-corrected chi connectivity index (χ3v) is 6.37. The zero-order valence-corrected chi connectivity index (χ0v) is 14.7. The lowest BCUT2D eigenvalue weighted by Crippen LogP contribution is -2.42. The average molecular weight is 412 g/mol. The van der Waals surface area contributed by atoms with Crippen LogP contribution in [0.15, 0.2) is 55.8 Å². The molecule has 146 valence electrons. The van der Waals surface area contributed by atoms with Crippen LogP contribution in [-0.2, 0) is 22.6 Å². The highest BCUT2D eigenvalue weighted by Gasteiger charge is 2.41. The van der Waals surface area contributed by atoms with Crippen LogP contribution in [0.1, 0.15) is 5.56 Å². The molecule has 0 aliphatic carbocycles. The Balaban J connectivity index is 2.38. The normalized spacial score (nSPS) is 14.9. The molecule has 1 aliphatic heterocycles. The van der Waals surface area contributed by atoms with E-state index < -0.39 is 67.0 Å². The highest BCUT2D eigenvalue weighted by molar-refractivity contribution is 7.92. The van der Waals surface area contributed by atoms with Gasteiger partial charge in [-0.3, -0.25) is 13.9 Å². The van der Waals surface area contributed by atoms with E-state index in [9.17, 15) is 31.2 Å². The molecule has 0 radical (unpaired) electrons. The number of halogens is 3. The van der Waals surface area contributed by atoms with Crippen molar-refractivity contribution in [2.24, 2.45) is 0 Å². The van der Waals surface area contributed by atoms with Crippen LogP contribution in [0.5, 0.6) is 0 Å². The Kier molecular flexibility index (Phi) is 3.81. The quantitative estimate of drug-likeness (QED) is 0.535. The molecular formula is C17H11F3N2O5S. The molecule has 0 fully saturated rings. The van der Waals surface area contributed by atoms with Crippen molar-refractivity contribution in [2.45, 2.75) is 22.5 Å². The summed E-state index contributed by atoms with van der Waals surface area (Å²) < 4.78 is 68.0. The van der Waals surface area contributed by atoms with E-state index in [1.54, 1.807) is 0 Å². The second kappa shape index (κ2) is 5.79. The van der Waals surface area contributed by atoms with Gasteiger partial charge < -0.3 is 5.11 Å². The Morgan fingerprint density at radius 3 is 2.29 bits per heavy atom. The monoisotopic (exact) mass is 412 g/mol. The van der Waals surface area contributed by atoms with E-state index in [4.69, 9.17) is 5.11 Å². The van der Waals surface area contributed by atoms with Gasteiger partial charge in [0.05, 0.1) is 45.1 Å².